The van der Waals surface area contributed by atoms with Gasteiger partial charge in [-0.15, -0.1) is 11.8 Å². The smallest absolute Gasteiger partial charge is 0.386 e. The van der Waals surface area contributed by atoms with Crippen molar-refractivity contribution >= 4 is 17.6 Å². The minimum atomic E-state index is 0. The van der Waals surface area contributed by atoms with Crippen molar-refractivity contribution < 1.29 is 1.43 Å². The van der Waals surface area contributed by atoms with E-state index in [-0.39, 0.29) is 1.43 Å². The van der Waals surface area contributed by atoms with Crippen LogP contribution in [0.25, 0.3) is 0 Å². The third-order valence-electron chi connectivity index (χ3n) is 0.629. The predicted octanol–water partition coefficient (Wildman–Crippen LogP) is 0.674. The summed E-state index contributed by atoms with van der Waals surface area (Å²) in [6.07, 6.45) is 1.71. The highest BCUT2D eigenvalue weighted by Crippen LogP contribution is 2.05. The van der Waals surface area contributed by atoms with Crippen LogP contribution in [0, 0.1) is 0 Å². The van der Waals surface area contributed by atoms with Crippen LogP contribution < -0.4 is 5.73 Å². The molecule has 0 bridgehead atoms. The van der Waals surface area contributed by atoms with E-state index in [0.717, 1.165) is 5.75 Å². The van der Waals surface area contributed by atoms with Gasteiger partial charge in [-0.05, 0) is 5.41 Å². The Hall–Kier alpha value is -0.440. The fourth-order valence-electron chi connectivity index (χ4n) is 0.340. The van der Waals surface area contributed by atoms with Crippen LogP contribution in [-0.2, 0) is 0 Å². The second-order valence-electron chi connectivity index (χ2n) is 1.22. The fourth-order valence-corrected chi connectivity index (χ4v) is 0.828. The molecule has 0 spiro atoms. The van der Waals surface area contributed by atoms with Gasteiger partial charge in [0.05, 0.1) is 5.75 Å². The average Bonchev–Trinajstić information content (AvgIpc) is 1.69. The zero-order chi connectivity index (χ0) is 5.11. The van der Waals surface area contributed by atoms with Crippen molar-refractivity contribution in [3.8, 4) is 0 Å². The lowest BCUT2D eigenvalue weighted by atomic mass is 10.7. The highest BCUT2D eigenvalue weighted by molar-refractivity contribution is 8.02. The van der Waals surface area contributed by atoms with Crippen LogP contribution >= 0.6 is 11.8 Å². The van der Waals surface area contributed by atoms with Crippen LogP contribution in [0.1, 0.15) is 1.43 Å². The number of amidine groups is 1. The maximum absolute atomic E-state index is 5.31. The first kappa shape index (κ1) is 4.71. The van der Waals surface area contributed by atoms with E-state index >= 15 is 0 Å². The third kappa shape index (κ3) is 1.23. The summed E-state index contributed by atoms with van der Waals surface area (Å²) < 4.78 is 0. The second-order valence-corrected chi connectivity index (χ2v) is 2.11. The quantitative estimate of drug-likeness (QED) is 0.504. The molecule has 0 aliphatic carbocycles. The maximum atomic E-state index is 5.31. The van der Waals surface area contributed by atoms with Crippen LogP contribution in [0.5, 0.6) is 0 Å². The zero-order valence-corrected chi connectivity index (χ0v) is 4.61. The second kappa shape index (κ2) is 2.02. The van der Waals surface area contributed by atoms with E-state index < -0.39 is 0 Å². The van der Waals surface area contributed by atoms with E-state index in [9.17, 15) is 0 Å². The normalized spacial score (nSPS) is 19.1. The largest absolute Gasteiger partial charge is 1.00 e. The van der Waals surface area contributed by atoms with Crippen LogP contribution in [-0.4, -0.2) is 11.6 Å². The summed E-state index contributed by atoms with van der Waals surface area (Å²) in [6.45, 7) is 0. The third-order valence-corrected chi connectivity index (χ3v) is 1.41. The van der Waals surface area contributed by atoms with Gasteiger partial charge in [0.1, 0.15) is 5.84 Å². The summed E-state index contributed by atoms with van der Waals surface area (Å²) in [6, 6.07) is 0. The molecule has 0 unspecified atom stereocenters. The van der Waals surface area contributed by atoms with Crippen molar-refractivity contribution in [2.45, 2.75) is 0 Å². The van der Waals surface area contributed by atoms with Crippen LogP contribution in [0.4, 0.5) is 0 Å². The Morgan fingerprint density at radius 1 is 2.00 bits per heavy atom. The molecule has 2 nitrogen and oxygen atoms in total. The first-order valence-electron chi connectivity index (χ1n) is 1.98. The minimum Gasteiger partial charge on any atom is -0.386 e. The molecule has 0 aromatic rings. The highest BCUT2D eigenvalue weighted by Gasteiger charge is 1.91. The van der Waals surface area contributed by atoms with Gasteiger partial charge in [0, 0.05) is 6.20 Å². The van der Waals surface area contributed by atoms with Crippen molar-refractivity contribution in [1.82, 2.24) is 0 Å². The Kier molecular flexibility index (Phi) is 1.36. The molecule has 0 fully saturated rings. The summed E-state index contributed by atoms with van der Waals surface area (Å²) in [5.74, 6) is 1.56. The van der Waals surface area contributed by atoms with Crippen molar-refractivity contribution in [3.63, 3.8) is 0 Å². The molecule has 0 saturated carbocycles. The van der Waals surface area contributed by atoms with Gasteiger partial charge < -0.3 is 5.73 Å². The first-order chi connectivity index (χ1) is 3.39. The molecule has 0 aromatic heterocycles. The van der Waals surface area contributed by atoms with Crippen molar-refractivity contribution in [3.05, 3.63) is 11.6 Å². The lowest BCUT2D eigenvalue weighted by Crippen LogP contribution is -2.14. The lowest BCUT2D eigenvalue weighted by Gasteiger charge is -1.97. The van der Waals surface area contributed by atoms with E-state index in [2.05, 4.69) is 4.99 Å². The minimum absolute atomic E-state index is 0. The van der Waals surface area contributed by atoms with Crippen molar-refractivity contribution in [2.75, 3.05) is 5.75 Å². The molecule has 38 valence electrons. The van der Waals surface area contributed by atoms with Gasteiger partial charge in [0.15, 0.2) is 0 Å². The molecular formula is C4H7N2S+. The van der Waals surface area contributed by atoms with Gasteiger partial charge in [-0.2, -0.15) is 0 Å². The summed E-state index contributed by atoms with van der Waals surface area (Å²) in [7, 11) is 0. The van der Waals surface area contributed by atoms with E-state index in [1.807, 2.05) is 5.41 Å². The molecule has 3 heteroatoms. The van der Waals surface area contributed by atoms with Crippen molar-refractivity contribution in [1.29, 1.82) is 0 Å². The first-order valence-corrected chi connectivity index (χ1v) is 3.03. The number of nitrogens with two attached hydrogens (primary N) is 1. The Labute approximate surface area is 48.0 Å². The standard InChI is InChI=1S/C4H6N2S/c5-4-3-7-2-1-6-4/h1-2H,3H2,(H2,5,6)/p+1. The van der Waals surface area contributed by atoms with E-state index in [4.69, 9.17) is 5.73 Å². The Morgan fingerprint density at radius 2 is 2.86 bits per heavy atom. The highest BCUT2D eigenvalue weighted by atomic mass is 32.2. The Morgan fingerprint density at radius 3 is 3.14 bits per heavy atom. The predicted molar refractivity (Wildman–Crippen MR) is 34.3 cm³/mol. The number of rotatable bonds is 0. The molecule has 1 rings (SSSR count). The molecule has 2 N–H and O–H groups in total. The molecule has 7 heavy (non-hydrogen) atoms. The molecule has 1 heterocycles. The maximum Gasteiger partial charge on any atom is 1.00 e. The SMILES string of the molecule is NC1=NC=CSC1.[H+]. The Bertz CT molecular complexity index is 121. The molecule has 1 aliphatic rings. The van der Waals surface area contributed by atoms with Gasteiger partial charge in [-0.1, -0.05) is 0 Å². The molecule has 0 amide bonds. The molecular weight excluding hydrogens is 108 g/mol. The lowest BCUT2D eigenvalue weighted by molar-refractivity contribution is 1.47. The summed E-state index contributed by atoms with van der Waals surface area (Å²) >= 11 is 1.67. The molecule has 0 radical (unpaired) electrons. The van der Waals surface area contributed by atoms with Crippen LogP contribution in [0.3, 0.4) is 0 Å². The average molecular weight is 115 g/mol. The monoisotopic (exact) mass is 115 g/mol. The van der Waals surface area contributed by atoms with Crippen LogP contribution in [0.2, 0.25) is 0 Å². The van der Waals surface area contributed by atoms with Crippen LogP contribution in [0.15, 0.2) is 16.6 Å². The van der Waals surface area contributed by atoms with Gasteiger partial charge in [-0.3, -0.25) is 0 Å². The van der Waals surface area contributed by atoms with Gasteiger partial charge >= 0.3 is 1.43 Å². The van der Waals surface area contributed by atoms with E-state index in [1.54, 1.807) is 18.0 Å². The summed E-state index contributed by atoms with van der Waals surface area (Å²) in [4.78, 5) is 3.82. The topological polar surface area (TPSA) is 38.4 Å². The number of thioether (sulfide) groups is 1. The molecule has 0 atom stereocenters. The summed E-state index contributed by atoms with van der Waals surface area (Å²) in [5.41, 5.74) is 5.31. The Balaban J connectivity index is 0.000000490. The number of hydrogen-bond donors (Lipinski definition) is 1. The number of nitrogens with zero attached hydrogens (tertiary/aromatic N) is 1. The zero-order valence-electron chi connectivity index (χ0n) is 4.79. The fraction of sp³-hybridized carbons (Fsp3) is 0.250. The number of aliphatic imine (C=N–C) groups is 1. The summed E-state index contributed by atoms with van der Waals surface area (Å²) in [5, 5.41) is 1.93. The molecule has 1 aliphatic heterocycles. The van der Waals surface area contributed by atoms with Gasteiger partial charge in [-0.25, -0.2) is 4.99 Å². The van der Waals surface area contributed by atoms with E-state index in [0.29, 0.717) is 5.84 Å². The molecule has 0 aromatic carbocycles. The molecule has 0 saturated heterocycles. The van der Waals surface area contributed by atoms with Gasteiger partial charge in [0.25, 0.3) is 0 Å². The van der Waals surface area contributed by atoms with Crippen molar-refractivity contribution in [2.24, 2.45) is 10.7 Å². The van der Waals surface area contributed by atoms with E-state index in [1.165, 1.54) is 0 Å². The van der Waals surface area contributed by atoms with Gasteiger partial charge in [0.2, 0.25) is 0 Å². The number of hydrogen-bond acceptors (Lipinski definition) is 3.